The molecule has 0 aromatic rings. The molecule has 0 amide bonds. The highest BCUT2D eigenvalue weighted by molar-refractivity contribution is 5.18. The van der Waals surface area contributed by atoms with Crippen LogP contribution < -0.4 is 0 Å². The van der Waals surface area contributed by atoms with Crippen molar-refractivity contribution in [1.29, 1.82) is 0 Å². The van der Waals surface area contributed by atoms with E-state index >= 15 is 0 Å². The van der Waals surface area contributed by atoms with Gasteiger partial charge in [-0.25, -0.2) is 0 Å². The molecule has 0 radical (unpaired) electrons. The lowest BCUT2D eigenvalue weighted by atomic mass is 10.3. The first-order chi connectivity index (χ1) is 4.31. The van der Waals surface area contributed by atoms with E-state index in [1.165, 1.54) is 0 Å². The fraction of sp³-hybridized carbons (Fsp3) is 0.250. The van der Waals surface area contributed by atoms with Crippen LogP contribution in [0, 0.1) is 0 Å². The Labute approximate surface area is 56.0 Å². The number of aliphatic hydroxyl groups is 1. The van der Waals surface area contributed by atoms with Crippen molar-refractivity contribution in [1.82, 2.24) is 0 Å². The SMILES string of the molecule is C=C(C=CC=CC)CO. The van der Waals surface area contributed by atoms with E-state index in [0.29, 0.717) is 0 Å². The number of hydrogen-bond donors (Lipinski definition) is 1. The number of aliphatic hydroxyl groups excluding tert-OH is 1. The van der Waals surface area contributed by atoms with Crippen molar-refractivity contribution in [3.8, 4) is 0 Å². The van der Waals surface area contributed by atoms with E-state index in [1.54, 1.807) is 6.08 Å². The number of hydrogen-bond acceptors (Lipinski definition) is 1. The second-order valence-corrected chi connectivity index (χ2v) is 1.70. The Morgan fingerprint density at radius 1 is 1.56 bits per heavy atom. The van der Waals surface area contributed by atoms with Crippen LogP contribution in [0.3, 0.4) is 0 Å². The van der Waals surface area contributed by atoms with Crippen LogP contribution >= 0.6 is 0 Å². The Morgan fingerprint density at radius 2 is 2.22 bits per heavy atom. The molecule has 1 nitrogen and oxygen atoms in total. The van der Waals surface area contributed by atoms with Crippen molar-refractivity contribution >= 4 is 0 Å². The third kappa shape index (κ3) is 5.04. The Morgan fingerprint density at radius 3 is 2.67 bits per heavy atom. The maximum Gasteiger partial charge on any atom is 0.0676 e. The average Bonchev–Trinajstić information content (AvgIpc) is 1.89. The molecule has 0 spiro atoms. The van der Waals surface area contributed by atoms with E-state index < -0.39 is 0 Å². The topological polar surface area (TPSA) is 20.2 Å². The van der Waals surface area contributed by atoms with E-state index in [-0.39, 0.29) is 6.61 Å². The predicted octanol–water partition coefficient (Wildman–Crippen LogP) is 1.67. The maximum atomic E-state index is 8.46. The first-order valence-electron chi connectivity index (χ1n) is 2.89. The van der Waals surface area contributed by atoms with Crippen LogP contribution in [-0.4, -0.2) is 11.7 Å². The van der Waals surface area contributed by atoms with Gasteiger partial charge in [0.05, 0.1) is 6.61 Å². The number of allylic oxidation sites excluding steroid dienone is 3. The van der Waals surface area contributed by atoms with Gasteiger partial charge in [0, 0.05) is 0 Å². The lowest BCUT2D eigenvalue weighted by molar-refractivity contribution is 0.335. The van der Waals surface area contributed by atoms with Crippen molar-refractivity contribution in [2.45, 2.75) is 6.92 Å². The summed E-state index contributed by atoms with van der Waals surface area (Å²) in [5.41, 5.74) is 0.730. The van der Waals surface area contributed by atoms with Gasteiger partial charge in [-0.3, -0.25) is 0 Å². The zero-order valence-corrected chi connectivity index (χ0v) is 5.67. The molecule has 0 unspecified atom stereocenters. The summed E-state index contributed by atoms with van der Waals surface area (Å²) >= 11 is 0. The molecule has 50 valence electrons. The predicted molar refractivity (Wildman–Crippen MR) is 40.2 cm³/mol. The van der Waals surface area contributed by atoms with E-state index in [2.05, 4.69) is 6.58 Å². The van der Waals surface area contributed by atoms with Crippen LogP contribution in [0.25, 0.3) is 0 Å². The zero-order chi connectivity index (χ0) is 7.11. The molecule has 0 aliphatic rings. The largest absolute Gasteiger partial charge is 0.392 e. The van der Waals surface area contributed by atoms with Gasteiger partial charge in [-0.05, 0) is 12.5 Å². The van der Waals surface area contributed by atoms with Crippen LogP contribution in [0.1, 0.15) is 6.92 Å². The lowest BCUT2D eigenvalue weighted by Crippen LogP contribution is -1.80. The zero-order valence-electron chi connectivity index (χ0n) is 5.67. The highest BCUT2D eigenvalue weighted by Crippen LogP contribution is 1.89. The summed E-state index contributed by atoms with van der Waals surface area (Å²) in [5.74, 6) is 0. The highest BCUT2D eigenvalue weighted by Gasteiger charge is 1.77. The average molecular weight is 124 g/mol. The van der Waals surface area contributed by atoms with Crippen molar-refractivity contribution in [3.63, 3.8) is 0 Å². The Balaban J connectivity index is 3.57. The maximum absolute atomic E-state index is 8.46. The summed E-state index contributed by atoms with van der Waals surface area (Å²) < 4.78 is 0. The molecule has 0 fully saturated rings. The third-order valence-electron chi connectivity index (χ3n) is 0.839. The molecule has 0 aliphatic carbocycles. The van der Waals surface area contributed by atoms with Gasteiger partial charge < -0.3 is 5.11 Å². The first kappa shape index (κ1) is 8.18. The minimum Gasteiger partial charge on any atom is -0.392 e. The highest BCUT2D eigenvalue weighted by atomic mass is 16.3. The Kier molecular flexibility index (Phi) is 4.83. The number of rotatable bonds is 3. The van der Waals surface area contributed by atoms with Gasteiger partial charge in [-0.1, -0.05) is 30.9 Å². The fourth-order valence-corrected chi connectivity index (χ4v) is 0.355. The summed E-state index contributed by atoms with van der Waals surface area (Å²) in [6.07, 6.45) is 7.43. The van der Waals surface area contributed by atoms with Crippen LogP contribution in [0.2, 0.25) is 0 Å². The quantitative estimate of drug-likeness (QED) is 0.567. The van der Waals surface area contributed by atoms with Crippen molar-refractivity contribution in [2.24, 2.45) is 0 Å². The molecule has 0 rings (SSSR count). The van der Waals surface area contributed by atoms with E-state index in [1.807, 2.05) is 25.2 Å². The molecule has 0 aromatic heterocycles. The van der Waals surface area contributed by atoms with Crippen molar-refractivity contribution in [2.75, 3.05) is 6.61 Å². The molecule has 0 heterocycles. The minimum atomic E-state index is 0.0358. The molecule has 1 N–H and O–H groups in total. The molecule has 0 saturated heterocycles. The summed E-state index contributed by atoms with van der Waals surface area (Å²) in [6, 6.07) is 0. The Bertz CT molecular complexity index is 132. The molecule has 0 aromatic carbocycles. The van der Waals surface area contributed by atoms with Gasteiger partial charge in [-0.15, -0.1) is 0 Å². The molecule has 9 heavy (non-hydrogen) atoms. The molecule has 0 saturated carbocycles. The smallest absolute Gasteiger partial charge is 0.0676 e. The van der Waals surface area contributed by atoms with Gasteiger partial charge >= 0.3 is 0 Å². The summed E-state index contributed by atoms with van der Waals surface area (Å²) in [7, 11) is 0. The normalized spacial score (nSPS) is 11.3. The summed E-state index contributed by atoms with van der Waals surface area (Å²) in [6.45, 7) is 5.55. The van der Waals surface area contributed by atoms with Gasteiger partial charge in [0.1, 0.15) is 0 Å². The summed E-state index contributed by atoms with van der Waals surface area (Å²) in [5, 5.41) is 8.46. The van der Waals surface area contributed by atoms with E-state index in [4.69, 9.17) is 5.11 Å². The molecular formula is C8H12O. The van der Waals surface area contributed by atoms with Gasteiger partial charge in [0.25, 0.3) is 0 Å². The minimum absolute atomic E-state index is 0.0358. The monoisotopic (exact) mass is 124 g/mol. The van der Waals surface area contributed by atoms with Crippen molar-refractivity contribution in [3.05, 3.63) is 36.5 Å². The van der Waals surface area contributed by atoms with Crippen LogP contribution in [-0.2, 0) is 0 Å². The molecule has 1 heteroatoms. The second kappa shape index (κ2) is 5.32. The molecular weight excluding hydrogens is 112 g/mol. The van der Waals surface area contributed by atoms with Gasteiger partial charge in [0.15, 0.2) is 0 Å². The lowest BCUT2D eigenvalue weighted by Gasteiger charge is -1.86. The molecule has 0 atom stereocenters. The third-order valence-corrected chi connectivity index (χ3v) is 0.839. The molecule has 0 bridgehead atoms. The van der Waals surface area contributed by atoms with Crippen LogP contribution in [0.15, 0.2) is 36.5 Å². The van der Waals surface area contributed by atoms with E-state index in [0.717, 1.165) is 5.57 Å². The Hall–Kier alpha value is -0.820. The van der Waals surface area contributed by atoms with Crippen LogP contribution in [0.5, 0.6) is 0 Å². The van der Waals surface area contributed by atoms with Gasteiger partial charge in [-0.2, -0.15) is 0 Å². The van der Waals surface area contributed by atoms with Crippen molar-refractivity contribution < 1.29 is 5.11 Å². The first-order valence-corrected chi connectivity index (χ1v) is 2.89. The van der Waals surface area contributed by atoms with Crippen LogP contribution in [0.4, 0.5) is 0 Å². The van der Waals surface area contributed by atoms with Gasteiger partial charge in [0.2, 0.25) is 0 Å². The second-order valence-electron chi connectivity index (χ2n) is 1.70. The fourth-order valence-electron chi connectivity index (χ4n) is 0.355. The standard InChI is InChI=1S/C8H12O/c1-3-4-5-6-8(2)7-9/h3-6,9H,2,7H2,1H3. The molecule has 0 aliphatic heterocycles. The van der Waals surface area contributed by atoms with E-state index in [9.17, 15) is 0 Å². The summed E-state index contributed by atoms with van der Waals surface area (Å²) in [4.78, 5) is 0.